The van der Waals surface area contributed by atoms with Gasteiger partial charge in [-0.3, -0.25) is 4.79 Å². The third-order valence-corrected chi connectivity index (χ3v) is 3.28. The summed E-state index contributed by atoms with van der Waals surface area (Å²) in [5.41, 5.74) is 1.48. The molecule has 0 aliphatic heterocycles. The average molecular weight is 277 g/mol. The van der Waals surface area contributed by atoms with Crippen LogP contribution in [0.5, 0.6) is 0 Å². The summed E-state index contributed by atoms with van der Waals surface area (Å²) in [6, 6.07) is 7.49. The second kappa shape index (κ2) is 6.54. The monoisotopic (exact) mass is 277 g/mol. The normalized spacial score (nSPS) is 10.9. The Kier molecular flexibility index (Phi) is 4.76. The number of furan rings is 1. The van der Waals surface area contributed by atoms with Crippen molar-refractivity contribution < 1.29 is 19.4 Å². The standard InChI is InChI=1S/C15H19NO4/c1-11-12-5-2-3-6-13(12)20-14(11)15(19)16(8-10-18)7-4-9-17/h2-3,5-6,17-18H,4,7-10H2,1H3. The molecule has 20 heavy (non-hydrogen) atoms. The maximum absolute atomic E-state index is 12.5. The van der Waals surface area contributed by atoms with Gasteiger partial charge in [0.15, 0.2) is 5.76 Å². The summed E-state index contributed by atoms with van der Waals surface area (Å²) in [4.78, 5) is 14.0. The van der Waals surface area contributed by atoms with E-state index >= 15 is 0 Å². The molecule has 0 saturated carbocycles. The van der Waals surface area contributed by atoms with Crippen LogP contribution in [0.1, 0.15) is 22.5 Å². The fraction of sp³-hybridized carbons (Fsp3) is 0.400. The van der Waals surface area contributed by atoms with E-state index in [1.54, 1.807) is 0 Å². The van der Waals surface area contributed by atoms with Crippen LogP contribution in [0.3, 0.4) is 0 Å². The van der Waals surface area contributed by atoms with E-state index in [-0.39, 0.29) is 25.7 Å². The molecule has 108 valence electrons. The minimum atomic E-state index is -0.249. The SMILES string of the molecule is Cc1c(C(=O)N(CCO)CCCO)oc2ccccc12. The average Bonchev–Trinajstić information content (AvgIpc) is 2.80. The smallest absolute Gasteiger partial charge is 0.289 e. The molecule has 2 aromatic rings. The molecule has 0 aliphatic rings. The van der Waals surface area contributed by atoms with Crippen LogP contribution < -0.4 is 0 Å². The van der Waals surface area contributed by atoms with E-state index in [4.69, 9.17) is 14.6 Å². The van der Waals surface area contributed by atoms with Crippen molar-refractivity contribution in [1.29, 1.82) is 0 Å². The van der Waals surface area contributed by atoms with Gasteiger partial charge in [0.25, 0.3) is 5.91 Å². The van der Waals surface area contributed by atoms with Crippen LogP contribution in [-0.4, -0.2) is 47.3 Å². The predicted molar refractivity (Wildman–Crippen MR) is 75.6 cm³/mol. The number of carbonyl (C=O) groups excluding carboxylic acids is 1. The molecule has 1 amide bonds. The fourth-order valence-corrected chi connectivity index (χ4v) is 2.22. The molecule has 0 spiro atoms. The van der Waals surface area contributed by atoms with Crippen molar-refractivity contribution in [2.45, 2.75) is 13.3 Å². The van der Waals surface area contributed by atoms with Gasteiger partial charge in [-0.25, -0.2) is 0 Å². The van der Waals surface area contributed by atoms with Crippen molar-refractivity contribution in [2.75, 3.05) is 26.3 Å². The van der Waals surface area contributed by atoms with Gasteiger partial charge in [0.2, 0.25) is 0 Å². The number of fused-ring (bicyclic) bond motifs is 1. The highest BCUT2D eigenvalue weighted by molar-refractivity contribution is 5.98. The number of rotatable bonds is 6. The van der Waals surface area contributed by atoms with E-state index in [9.17, 15) is 4.79 Å². The molecule has 1 heterocycles. The zero-order valence-corrected chi connectivity index (χ0v) is 11.5. The van der Waals surface area contributed by atoms with E-state index < -0.39 is 0 Å². The molecule has 5 heteroatoms. The number of carbonyl (C=O) groups is 1. The highest BCUT2D eigenvalue weighted by Gasteiger charge is 2.22. The summed E-state index contributed by atoms with van der Waals surface area (Å²) >= 11 is 0. The highest BCUT2D eigenvalue weighted by Crippen LogP contribution is 2.25. The zero-order chi connectivity index (χ0) is 14.5. The Morgan fingerprint density at radius 2 is 1.95 bits per heavy atom. The maximum atomic E-state index is 12.5. The number of benzene rings is 1. The van der Waals surface area contributed by atoms with Crippen molar-refractivity contribution in [3.63, 3.8) is 0 Å². The second-order valence-electron chi connectivity index (χ2n) is 4.65. The van der Waals surface area contributed by atoms with Crippen LogP contribution in [0.2, 0.25) is 0 Å². The number of amides is 1. The highest BCUT2D eigenvalue weighted by atomic mass is 16.3. The molecule has 0 radical (unpaired) electrons. The number of aliphatic hydroxyl groups excluding tert-OH is 2. The third-order valence-electron chi connectivity index (χ3n) is 3.28. The summed E-state index contributed by atoms with van der Waals surface area (Å²) in [6.07, 6.45) is 0.477. The molecule has 0 bridgehead atoms. The van der Waals surface area contributed by atoms with Gasteiger partial charge in [-0.05, 0) is 19.4 Å². The van der Waals surface area contributed by atoms with Crippen molar-refractivity contribution in [3.05, 3.63) is 35.6 Å². The first kappa shape index (κ1) is 14.6. The Hall–Kier alpha value is -1.85. The number of para-hydroxylation sites is 1. The van der Waals surface area contributed by atoms with Crippen molar-refractivity contribution in [3.8, 4) is 0 Å². The van der Waals surface area contributed by atoms with E-state index in [2.05, 4.69) is 0 Å². The molecule has 0 atom stereocenters. The number of aryl methyl sites for hydroxylation is 1. The van der Waals surface area contributed by atoms with Crippen molar-refractivity contribution in [2.24, 2.45) is 0 Å². The molecule has 1 aromatic carbocycles. The quantitative estimate of drug-likeness (QED) is 0.840. The minimum absolute atomic E-state index is 0.00825. The first-order valence-corrected chi connectivity index (χ1v) is 6.68. The topological polar surface area (TPSA) is 73.9 Å². The van der Waals surface area contributed by atoms with Gasteiger partial charge >= 0.3 is 0 Å². The van der Waals surface area contributed by atoms with Gasteiger partial charge in [0.1, 0.15) is 5.58 Å². The first-order chi connectivity index (χ1) is 9.69. The van der Waals surface area contributed by atoms with Gasteiger partial charge in [-0.2, -0.15) is 0 Å². The molecule has 0 saturated heterocycles. The Bertz CT molecular complexity index is 591. The van der Waals surface area contributed by atoms with E-state index in [0.717, 1.165) is 10.9 Å². The Morgan fingerprint density at radius 1 is 1.20 bits per heavy atom. The summed E-state index contributed by atoms with van der Waals surface area (Å²) in [5.74, 6) is 0.0544. The van der Waals surface area contributed by atoms with Gasteiger partial charge < -0.3 is 19.5 Å². The van der Waals surface area contributed by atoms with Gasteiger partial charge in [0.05, 0.1) is 6.61 Å². The molecule has 0 unspecified atom stereocenters. The van der Waals surface area contributed by atoms with E-state index in [0.29, 0.717) is 24.3 Å². The van der Waals surface area contributed by atoms with Crippen LogP contribution in [0.25, 0.3) is 11.0 Å². The van der Waals surface area contributed by atoms with E-state index in [1.165, 1.54) is 4.90 Å². The number of nitrogens with zero attached hydrogens (tertiary/aromatic N) is 1. The van der Waals surface area contributed by atoms with Gasteiger partial charge in [0, 0.05) is 30.6 Å². The summed E-state index contributed by atoms with van der Waals surface area (Å²) in [7, 11) is 0. The summed E-state index contributed by atoms with van der Waals surface area (Å²) in [5, 5.41) is 18.9. The van der Waals surface area contributed by atoms with Crippen LogP contribution >= 0.6 is 0 Å². The number of aliphatic hydroxyl groups is 2. The van der Waals surface area contributed by atoms with Crippen LogP contribution in [0.4, 0.5) is 0 Å². The summed E-state index contributed by atoms with van der Waals surface area (Å²) in [6.45, 7) is 2.37. The van der Waals surface area contributed by atoms with Gasteiger partial charge in [-0.1, -0.05) is 18.2 Å². The molecular weight excluding hydrogens is 258 g/mol. The van der Waals surface area contributed by atoms with Crippen LogP contribution in [0.15, 0.2) is 28.7 Å². The fourth-order valence-electron chi connectivity index (χ4n) is 2.22. The Morgan fingerprint density at radius 3 is 2.60 bits per heavy atom. The van der Waals surface area contributed by atoms with Gasteiger partial charge in [-0.15, -0.1) is 0 Å². The Labute approximate surface area is 117 Å². The molecular formula is C15H19NO4. The minimum Gasteiger partial charge on any atom is -0.451 e. The summed E-state index contributed by atoms with van der Waals surface area (Å²) < 4.78 is 5.63. The Balaban J connectivity index is 2.30. The van der Waals surface area contributed by atoms with Crippen molar-refractivity contribution >= 4 is 16.9 Å². The van der Waals surface area contributed by atoms with Crippen molar-refractivity contribution in [1.82, 2.24) is 4.90 Å². The molecule has 0 aliphatic carbocycles. The predicted octanol–water partition coefficient (Wildman–Crippen LogP) is 1.56. The lowest BCUT2D eigenvalue weighted by atomic mass is 10.1. The lowest BCUT2D eigenvalue weighted by Crippen LogP contribution is -2.35. The zero-order valence-electron chi connectivity index (χ0n) is 11.5. The molecule has 0 fully saturated rings. The van der Waals surface area contributed by atoms with Crippen LogP contribution in [-0.2, 0) is 0 Å². The lowest BCUT2D eigenvalue weighted by Gasteiger charge is -2.20. The number of hydrogen-bond donors (Lipinski definition) is 2. The van der Waals surface area contributed by atoms with E-state index in [1.807, 2.05) is 31.2 Å². The lowest BCUT2D eigenvalue weighted by molar-refractivity contribution is 0.0680. The molecule has 2 rings (SSSR count). The molecule has 1 aromatic heterocycles. The third kappa shape index (κ3) is 2.84. The molecule has 5 nitrogen and oxygen atoms in total. The number of hydrogen-bond acceptors (Lipinski definition) is 4. The maximum Gasteiger partial charge on any atom is 0.289 e. The van der Waals surface area contributed by atoms with Crippen LogP contribution in [0, 0.1) is 6.92 Å². The largest absolute Gasteiger partial charge is 0.451 e. The second-order valence-corrected chi connectivity index (χ2v) is 4.65. The first-order valence-electron chi connectivity index (χ1n) is 6.68. The molecule has 2 N–H and O–H groups in total.